The minimum absolute atomic E-state index is 0.164. The normalized spacial score (nSPS) is 16.3. The molecule has 1 aromatic heterocycles. The molecule has 21 heavy (non-hydrogen) atoms. The Bertz CT molecular complexity index is 644. The van der Waals surface area contributed by atoms with E-state index >= 15 is 0 Å². The van der Waals surface area contributed by atoms with E-state index in [2.05, 4.69) is 10.2 Å². The largest absolute Gasteiger partial charge is 0.493 e. The Labute approximate surface area is 123 Å². The fraction of sp³-hybridized carbons (Fsp3) is 0.467. The van der Waals surface area contributed by atoms with Crippen molar-refractivity contribution in [2.24, 2.45) is 5.92 Å². The van der Waals surface area contributed by atoms with Crippen LogP contribution in [0.15, 0.2) is 18.2 Å². The van der Waals surface area contributed by atoms with E-state index in [9.17, 15) is 4.79 Å². The van der Waals surface area contributed by atoms with Crippen molar-refractivity contribution in [3.8, 4) is 5.75 Å². The number of amides is 1. The van der Waals surface area contributed by atoms with Gasteiger partial charge in [-0.2, -0.15) is 5.10 Å². The lowest BCUT2D eigenvalue weighted by Crippen LogP contribution is -2.38. The highest BCUT2D eigenvalue weighted by Crippen LogP contribution is 2.24. The van der Waals surface area contributed by atoms with Gasteiger partial charge >= 0.3 is 0 Å². The summed E-state index contributed by atoms with van der Waals surface area (Å²) in [5.74, 6) is 1.99. The van der Waals surface area contributed by atoms with Crippen molar-refractivity contribution in [2.45, 2.75) is 19.8 Å². The zero-order valence-electron chi connectivity index (χ0n) is 12.1. The number of likely N-dealkylation sites (tertiary alicyclic amines) is 1. The molecular weight excluding hydrogens is 268 g/mol. The van der Waals surface area contributed by atoms with Crippen molar-refractivity contribution in [1.29, 1.82) is 0 Å². The van der Waals surface area contributed by atoms with E-state index in [1.54, 1.807) is 6.92 Å². The van der Waals surface area contributed by atoms with E-state index in [4.69, 9.17) is 10.5 Å². The molecule has 6 nitrogen and oxygen atoms in total. The first kappa shape index (κ1) is 13.7. The second-order valence-corrected chi connectivity index (χ2v) is 5.58. The van der Waals surface area contributed by atoms with Gasteiger partial charge in [0.15, 0.2) is 5.82 Å². The summed E-state index contributed by atoms with van der Waals surface area (Å²) in [7, 11) is 0. The quantitative estimate of drug-likeness (QED) is 0.901. The molecule has 0 radical (unpaired) electrons. The summed E-state index contributed by atoms with van der Waals surface area (Å²) in [6, 6.07) is 5.75. The van der Waals surface area contributed by atoms with Crippen LogP contribution in [0.2, 0.25) is 0 Å². The molecule has 0 aliphatic carbocycles. The third-order valence-corrected chi connectivity index (χ3v) is 4.11. The predicted octanol–water partition coefficient (Wildman–Crippen LogP) is 1.78. The van der Waals surface area contributed by atoms with Gasteiger partial charge in [-0.3, -0.25) is 9.89 Å². The van der Waals surface area contributed by atoms with Gasteiger partial charge < -0.3 is 15.4 Å². The summed E-state index contributed by atoms with van der Waals surface area (Å²) in [5.41, 5.74) is 6.62. The highest BCUT2D eigenvalue weighted by molar-refractivity contribution is 5.89. The average molecular weight is 288 g/mol. The molecule has 6 heteroatoms. The molecule has 0 unspecified atom stereocenters. The van der Waals surface area contributed by atoms with Crippen molar-refractivity contribution in [3.05, 3.63) is 18.2 Å². The molecule has 1 aromatic carbocycles. The van der Waals surface area contributed by atoms with Gasteiger partial charge in [-0.1, -0.05) is 0 Å². The molecule has 1 aliphatic rings. The molecule has 0 bridgehead atoms. The van der Waals surface area contributed by atoms with Crippen LogP contribution in [-0.2, 0) is 4.79 Å². The summed E-state index contributed by atoms with van der Waals surface area (Å²) in [4.78, 5) is 13.2. The predicted molar refractivity (Wildman–Crippen MR) is 81.0 cm³/mol. The van der Waals surface area contributed by atoms with Crippen molar-refractivity contribution in [2.75, 3.05) is 25.4 Å². The van der Waals surface area contributed by atoms with Gasteiger partial charge in [-0.05, 0) is 30.9 Å². The molecule has 3 rings (SSSR count). The third kappa shape index (κ3) is 2.94. The van der Waals surface area contributed by atoms with Gasteiger partial charge in [0.05, 0.1) is 12.1 Å². The lowest BCUT2D eigenvalue weighted by Gasteiger charge is -2.31. The summed E-state index contributed by atoms with van der Waals surface area (Å²) in [6.07, 6.45) is 2.00. The monoisotopic (exact) mass is 288 g/mol. The fourth-order valence-corrected chi connectivity index (χ4v) is 2.74. The van der Waals surface area contributed by atoms with Gasteiger partial charge in [0.2, 0.25) is 5.91 Å². The third-order valence-electron chi connectivity index (χ3n) is 4.11. The molecular formula is C15H20N4O2. The summed E-state index contributed by atoms with van der Waals surface area (Å²) >= 11 is 0. The van der Waals surface area contributed by atoms with Crippen LogP contribution in [0.1, 0.15) is 19.8 Å². The molecule has 0 saturated carbocycles. The number of anilines is 1. The number of ether oxygens (including phenoxy) is 1. The number of nitrogens with zero attached hydrogens (tertiary/aromatic N) is 2. The average Bonchev–Trinajstić information content (AvgIpc) is 2.86. The summed E-state index contributed by atoms with van der Waals surface area (Å²) in [5, 5.41) is 7.77. The number of piperidine rings is 1. The first-order valence-electron chi connectivity index (χ1n) is 7.25. The number of nitrogens with two attached hydrogens (primary N) is 1. The minimum atomic E-state index is 0.164. The van der Waals surface area contributed by atoms with Crippen LogP contribution in [0.5, 0.6) is 5.75 Å². The first-order chi connectivity index (χ1) is 10.1. The van der Waals surface area contributed by atoms with Gasteiger partial charge in [-0.25, -0.2) is 0 Å². The Kier molecular flexibility index (Phi) is 3.68. The van der Waals surface area contributed by atoms with Crippen molar-refractivity contribution in [1.82, 2.24) is 15.1 Å². The van der Waals surface area contributed by atoms with E-state index in [1.165, 1.54) is 0 Å². The molecule has 1 amide bonds. The van der Waals surface area contributed by atoms with Crippen LogP contribution in [0, 0.1) is 5.92 Å². The van der Waals surface area contributed by atoms with Crippen molar-refractivity contribution in [3.63, 3.8) is 0 Å². The SMILES string of the molecule is CC(=O)N1CCC(COc2ccc3c(N)n[nH]c3c2)CC1. The molecule has 1 aliphatic heterocycles. The van der Waals surface area contributed by atoms with E-state index in [1.807, 2.05) is 23.1 Å². The highest BCUT2D eigenvalue weighted by atomic mass is 16.5. The van der Waals surface area contributed by atoms with Crippen LogP contribution in [0.25, 0.3) is 10.9 Å². The number of carbonyl (C=O) groups excluding carboxylic acids is 1. The number of hydrogen-bond acceptors (Lipinski definition) is 4. The summed E-state index contributed by atoms with van der Waals surface area (Å²) in [6.45, 7) is 3.97. The van der Waals surface area contributed by atoms with Gasteiger partial charge in [0, 0.05) is 31.5 Å². The Morgan fingerprint density at radius 1 is 1.48 bits per heavy atom. The lowest BCUT2D eigenvalue weighted by molar-refractivity contribution is -0.130. The molecule has 0 spiro atoms. The Hall–Kier alpha value is -2.24. The van der Waals surface area contributed by atoms with Crippen LogP contribution in [-0.4, -0.2) is 40.7 Å². The van der Waals surface area contributed by atoms with Crippen LogP contribution in [0.4, 0.5) is 5.82 Å². The molecule has 1 saturated heterocycles. The molecule has 112 valence electrons. The number of hydrogen-bond donors (Lipinski definition) is 2. The second-order valence-electron chi connectivity index (χ2n) is 5.58. The zero-order chi connectivity index (χ0) is 14.8. The number of nitrogen functional groups attached to an aromatic ring is 1. The van der Waals surface area contributed by atoms with E-state index in [-0.39, 0.29) is 5.91 Å². The number of aromatic nitrogens is 2. The van der Waals surface area contributed by atoms with Crippen LogP contribution < -0.4 is 10.5 Å². The van der Waals surface area contributed by atoms with Crippen LogP contribution in [0.3, 0.4) is 0 Å². The second kappa shape index (κ2) is 5.63. The molecule has 3 N–H and O–H groups in total. The lowest BCUT2D eigenvalue weighted by atomic mass is 9.98. The molecule has 0 atom stereocenters. The van der Waals surface area contributed by atoms with Crippen molar-refractivity contribution < 1.29 is 9.53 Å². The van der Waals surface area contributed by atoms with E-state index < -0.39 is 0 Å². The maximum absolute atomic E-state index is 11.3. The molecule has 2 heterocycles. The maximum Gasteiger partial charge on any atom is 0.219 e. The molecule has 2 aromatic rings. The van der Waals surface area contributed by atoms with Crippen molar-refractivity contribution >= 4 is 22.6 Å². The minimum Gasteiger partial charge on any atom is -0.493 e. The Morgan fingerprint density at radius 2 is 2.24 bits per heavy atom. The van der Waals surface area contributed by atoms with Gasteiger partial charge in [0.1, 0.15) is 5.75 Å². The fourth-order valence-electron chi connectivity index (χ4n) is 2.74. The van der Waals surface area contributed by atoms with Gasteiger partial charge in [0.25, 0.3) is 0 Å². The topological polar surface area (TPSA) is 84.2 Å². The van der Waals surface area contributed by atoms with Crippen LogP contribution >= 0.6 is 0 Å². The zero-order valence-corrected chi connectivity index (χ0v) is 12.1. The van der Waals surface area contributed by atoms with E-state index in [0.717, 1.165) is 42.6 Å². The van der Waals surface area contributed by atoms with Gasteiger partial charge in [-0.15, -0.1) is 0 Å². The number of rotatable bonds is 3. The number of nitrogens with one attached hydrogen (secondary N) is 1. The summed E-state index contributed by atoms with van der Waals surface area (Å²) < 4.78 is 5.87. The Balaban J connectivity index is 1.56. The highest BCUT2D eigenvalue weighted by Gasteiger charge is 2.21. The first-order valence-corrected chi connectivity index (χ1v) is 7.25. The smallest absolute Gasteiger partial charge is 0.219 e. The maximum atomic E-state index is 11.3. The number of fused-ring (bicyclic) bond motifs is 1. The molecule has 1 fully saturated rings. The number of aromatic amines is 1. The Morgan fingerprint density at radius 3 is 2.95 bits per heavy atom. The van der Waals surface area contributed by atoms with E-state index in [0.29, 0.717) is 18.3 Å². The number of benzene rings is 1. The number of carbonyl (C=O) groups is 1. The number of H-pyrrole nitrogens is 1. The standard InChI is InChI=1S/C15H20N4O2/c1-10(20)19-6-4-11(5-7-19)9-21-12-2-3-13-14(8-12)17-18-15(13)16/h2-3,8,11H,4-7,9H2,1H3,(H3,16,17,18).